The molecule has 0 spiro atoms. The van der Waals surface area contributed by atoms with Crippen LogP contribution in [-0.2, 0) is 13.5 Å². The van der Waals surface area contributed by atoms with Gasteiger partial charge in [-0.3, -0.25) is 11.3 Å². The highest BCUT2D eigenvalue weighted by Gasteiger charge is 2.22. The third kappa shape index (κ3) is 3.22. The lowest BCUT2D eigenvalue weighted by Gasteiger charge is -2.26. The number of benzene rings is 1. The Hall–Kier alpha value is -1.65. The van der Waals surface area contributed by atoms with E-state index in [2.05, 4.69) is 41.6 Å². The molecule has 0 fully saturated rings. The quantitative estimate of drug-likeness (QED) is 0.615. The molecule has 1 heterocycles. The highest BCUT2D eigenvalue weighted by atomic mass is 15.2. The smallest absolute Gasteiger partial charge is 0.109 e. The van der Waals surface area contributed by atoms with Crippen LogP contribution in [0.15, 0.2) is 42.7 Å². The van der Waals surface area contributed by atoms with Gasteiger partial charge in [0.1, 0.15) is 5.82 Å². The molecule has 1 aromatic carbocycles. The van der Waals surface area contributed by atoms with Crippen molar-refractivity contribution in [2.24, 2.45) is 12.9 Å². The highest BCUT2D eigenvalue weighted by molar-refractivity contribution is 5.21. The van der Waals surface area contributed by atoms with Gasteiger partial charge in [-0.15, -0.1) is 0 Å². The number of aryl methyl sites for hydroxylation is 1. The van der Waals surface area contributed by atoms with Gasteiger partial charge in [0.2, 0.25) is 0 Å². The van der Waals surface area contributed by atoms with Crippen LogP contribution in [0.25, 0.3) is 0 Å². The number of hydrazine groups is 1. The van der Waals surface area contributed by atoms with Crippen LogP contribution in [0.4, 0.5) is 0 Å². The first kappa shape index (κ1) is 13.8. The molecule has 0 amide bonds. The second-order valence-corrected chi connectivity index (χ2v) is 4.86. The fourth-order valence-electron chi connectivity index (χ4n) is 2.56. The van der Waals surface area contributed by atoms with Crippen molar-refractivity contribution in [1.29, 1.82) is 0 Å². The Bertz CT molecular complexity index is 492. The molecule has 0 aliphatic rings. The van der Waals surface area contributed by atoms with Crippen LogP contribution in [-0.4, -0.2) is 15.6 Å². The summed E-state index contributed by atoms with van der Waals surface area (Å²) in [7, 11) is 2.01. The molecule has 0 saturated carbocycles. The van der Waals surface area contributed by atoms with Gasteiger partial charge in [-0.1, -0.05) is 37.3 Å². The van der Waals surface area contributed by atoms with Crippen LogP contribution >= 0.6 is 0 Å². The summed E-state index contributed by atoms with van der Waals surface area (Å²) < 4.78 is 2.04. The van der Waals surface area contributed by atoms with E-state index in [1.54, 1.807) is 0 Å². The second kappa shape index (κ2) is 6.50. The lowest BCUT2D eigenvalue weighted by Crippen LogP contribution is -2.41. The molecule has 19 heavy (non-hydrogen) atoms. The highest BCUT2D eigenvalue weighted by Crippen LogP contribution is 2.24. The topological polar surface area (TPSA) is 55.9 Å². The summed E-state index contributed by atoms with van der Waals surface area (Å²) in [6, 6.07) is 10.7. The Labute approximate surface area is 114 Å². The van der Waals surface area contributed by atoms with Gasteiger partial charge in [-0.25, -0.2) is 4.98 Å². The Morgan fingerprint density at radius 3 is 2.58 bits per heavy atom. The number of nitrogens with one attached hydrogen (secondary N) is 1. The van der Waals surface area contributed by atoms with E-state index in [-0.39, 0.29) is 6.04 Å². The van der Waals surface area contributed by atoms with Gasteiger partial charge < -0.3 is 4.57 Å². The number of rotatable bonds is 6. The largest absolute Gasteiger partial charge is 0.338 e. The van der Waals surface area contributed by atoms with E-state index in [0.717, 1.165) is 18.7 Å². The van der Waals surface area contributed by atoms with E-state index in [9.17, 15) is 0 Å². The van der Waals surface area contributed by atoms with Crippen molar-refractivity contribution >= 4 is 0 Å². The third-order valence-electron chi connectivity index (χ3n) is 3.69. The molecule has 3 N–H and O–H groups in total. The molecule has 102 valence electrons. The average molecular weight is 258 g/mol. The van der Waals surface area contributed by atoms with E-state index in [4.69, 9.17) is 5.84 Å². The van der Waals surface area contributed by atoms with Crippen molar-refractivity contribution in [3.8, 4) is 0 Å². The molecule has 0 aliphatic carbocycles. The molecule has 0 bridgehead atoms. The summed E-state index contributed by atoms with van der Waals surface area (Å²) in [4.78, 5) is 4.38. The summed E-state index contributed by atoms with van der Waals surface area (Å²) in [5.74, 6) is 7.21. The lowest BCUT2D eigenvalue weighted by molar-refractivity contribution is 0.417. The van der Waals surface area contributed by atoms with Crippen LogP contribution in [0.3, 0.4) is 0 Å². The van der Waals surface area contributed by atoms with Crippen LogP contribution in [0, 0.1) is 0 Å². The summed E-state index contributed by atoms with van der Waals surface area (Å²) in [5, 5.41) is 0. The van der Waals surface area contributed by atoms with Gasteiger partial charge >= 0.3 is 0 Å². The average Bonchev–Trinajstić information content (AvgIpc) is 2.85. The van der Waals surface area contributed by atoms with Crippen molar-refractivity contribution in [3.05, 3.63) is 54.1 Å². The van der Waals surface area contributed by atoms with E-state index in [0.29, 0.717) is 5.92 Å². The molecule has 1 aromatic heterocycles. The zero-order valence-electron chi connectivity index (χ0n) is 11.6. The standard InChI is InChI=1S/C15H22N4/c1-3-13(12-7-5-4-6-8-12)14(18-16)11-15-17-9-10-19(15)2/h4-10,13-14,18H,3,11,16H2,1-2H3. The first-order valence-electron chi connectivity index (χ1n) is 6.73. The molecule has 2 unspecified atom stereocenters. The van der Waals surface area contributed by atoms with Gasteiger partial charge in [0.05, 0.1) is 0 Å². The van der Waals surface area contributed by atoms with Crippen molar-refractivity contribution in [1.82, 2.24) is 15.0 Å². The van der Waals surface area contributed by atoms with Gasteiger partial charge in [-0.05, 0) is 12.0 Å². The van der Waals surface area contributed by atoms with Crippen LogP contribution in [0.1, 0.15) is 30.7 Å². The molecule has 0 radical (unpaired) electrons. The first-order chi connectivity index (χ1) is 9.26. The Morgan fingerprint density at radius 2 is 2.05 bits per heavy atom. The van der Waals surface area contributed by atoms with Crippen LogP contribution in [0.5, 0.6) is 0 Å². The minimum absolute atomic E-state index is 0.188. The number of imidazole rings is 1. The fraction of sp³-hybridized carbons (Fsp3) is 0.400. The number of nitrogens with two attached hydrogens (primary N) is 1. The number of hydrogen-bond acceptors (Lipinski definition) is 3. The Balaban J connectivity index is 2.17. The van der Waals surface area contributed by atoms with Gasteiger partial charge in [0.25, 0.3) is 0 Å². The van der Waals surface area contributed by atoms with E-state index in [1.165, 1.54) is 5.56 Å². The van der Waals surface area contributed by atoms with Crippen molar-refractivity contribution in [2.45, 2.75) is 31.7 Å². The summed E-state index contributed by atoms with van der Waals surface area (Å²) in [6.07, 6.45) is 5.66. The summed E-state index contributed by atoms with van der Waals surface area (Å²) in [5.41, 5.74) is 4.29. The molecule has 0 aliphatic heterocycles. The van der Waals surface area contributed by atoms with Gasteiger partial charge in [-0.2, -0.15) is 0 Å². The zero-order chi connectivity index (χ0) is 13.7. The van der Waals surface area contributed by atoms with E-state index in [1.807, 2.05) is 30.1 Å². The number of hydrogen-bond donors (Lipinski definition) is 2. The molecular weight excluding hydrogens is 236 g/mol. The molecule has 0 saturated heterocycles. The normalized spacial score (nSPS) is 14.3. The molecular formula is C15H22N4. The maximum absolute atomic E-state index is 5.77. The van der Waals surface area contributed by atoms with Crippen molar-refractivity contribution in [3.63, 3.8) is 0 Å². The second-order valence-electron chi connectivity index (χ2n) is 4.86. The molecule has 2 rings (SSSR count). The van der Waals surface area contributed by atoms with Crippen molar-refractivity contribution in [2.75, 3.05) is 0 Å². The minimum atomic E-state index is 0.188. The molecule has 2 aromatic rings. The Kier molecular flexibility index (Phi) is 4.71. The van der Waals surface area contributed by atoms with Crippen LogP contribution in [0.2, 0.25) is 0 Å². The van der Waals surface area contributed by atoms with Crippen molar-refractivity contribution < 1.29 is 0 Å². The third-order valence-corrected chi connectivity index (χ3v) is 3.69. The maximum Gasteiger partial charge on any atom is 0.109 e. The van der Waals surface area contributed by atoms with E-state index >= 15 is 0 Å². The molecule has 4 heteroatoms. The monoisotopic (exact) mass is 258 g/mol. The number of nitrogens with zero attached hydrogens (tertiary/aromatic N) is 2. The number of aromatic nitrogens is 2. The zero-order valence-corrected chi connectivity index (χ0v) is 11.6. The predicted octanol–water partition coefficient (Wildman–Crippen LogP) is 1.99. The summed E-state index contributed by atoms with van der Waals surface area (Å²) in [6.45, 7) is 2.19. The molecule has 4 nitrogen and oxygen atoms in total. The van der Waals surface area contributed by atoms with E-state index < -0.39 is 0 Å². The summed E-state index contributed by atoms with van der Waals surface area (Å²) >= 11 is 0. The Morgan fingerprint density at radius 1 is 1.32 bits per heavy atom. The lowest BCUT2D eigenvalue weighted by atomic mass is 9.87. The minimum Gasteiger partial charge on any atom is -0.338 e. The predicted molar refractivity (Wildman–Crippen MR) is 77.5 cm³/mol. The fourth-order valence-corrected chi connectivity index (χ4v) is 2.56. The maximum atomic E-state index is 5.77. The SMILES string of the molecule is CCC(c1ccccc1)C(Cc1nccn1C)NN. The van der Waals surface area contributed by atoms with Gasteiger partial charge in [0.15, 0.2) is 0 Å². The van der Waals surface area contributed by atoms with Gasteiger partial charge in [0, 0.05) is 37.8 Å². The first-order valence-corrected chi connectivity index (χ1v) is 6.73. The van der Waals surface area contributed by atoms with Crippen LogP contribution < -0.4 is 11.3 Å². The molecule has 2 atom stereocenters.